The van der Waals surface area contributed by atoms with Crippen molar-refractivity contribution in [2.24, 2.45) is 5.92 Å². The van der Waals surface area contributed by atoms with E-state index in [0.717, 1.165) is 12.7 Å². The van der Waals surface area contributed by atoms with Crippen molar-refractivity contribution < 1.29 is 19.4 Å². The van der Waals surface area contributed by atoms with Gasteiger partial charge in [-0.25, -0.2) is 0 Å². The fraction of sp³-hybridized carbons (Fsp3) is 0.778. The van der Waals surface area contributed by atoms with Gasteiger partial charge in [0.2, 0.25) is 0 Å². The highest BCUT2D eigenvalue weighted by atomic mass is 16.5. The molecular formula is C9H16O4. The largest absolute Gasteiger partial charge is 0.481 e. The average molecular weight is 188 g/mol. The van der Waals surface area contributed by atoms with Crippen molar-refractivity contribution in [2.75, 3.05) is 13.2 Å². The number of hydrogen-bond donors (Lipinski definition) is 1. The lowest BCUT2D eigenvalue weighted by atomic mass is 10.1. The van der Waals surface area contributed by atoms with Crippen molar-refractivity contribution >= 4 is 12.3 Å². The molecule has 0 aromatic heterocycles. The normalized spacial score (nSPS) is 12.4. The summed E-state index contributed by atoms with van der Waals surface area (Å²) >= 11 is 0. The van der Waals surface area contributed by atoms with Crippen LogP contribution in [0.1, 0.15) is 26.2 Å². The maximum Gasteiger partial charge on any atom is 0.305 e. The zero-order chi connectivity index (χ0) is 10.1. The molecule has 1 atom stereocenters. The second kappa shape index (κ2) is 7.73. The molecule has 0 heterocycles. The molecule has 0 radical (unpaired) electrons. The van der Waals surface area contributed by atoms with Gasteiger partial charge < -0.3 is 14.6 Å². The Morgan fingerprint density at radius 3 is 2.77 bits per heavy atom. The molecular weight excluding hydrogens is 172 g/mol. The van der Waals surface area contributed by atoms with Crippen molar-refractivity contribution in [3.63, 3.8) is 0 Å². The summed E-state index contributed by atoms with van der Waals surface area (Å²) in [5.74, 6) is -0.525. The van der Waals surface area contributed by atoms with Crippen LogP contribution in [0, 0.1) is 5.92 Å². The lowest BCUT2D eigenvalue weighted by molar-refractivity contribution is -0.138. The minimum absolute atomic E-state index is 0.0437. The fourth-order valence-electron chi connectivity index (χ4n) is 0.828. The molecule has 0 saturated heterocycles. The number of hydrogen-bond acceptors (Lipinski definition) is 3. The molecule has 1 N–H and O–H groups in total. The molecule has 76 valence electrons. The Morgan fingerprint density at radius 1 is 1.54 bits per heavy atom. The predicted molar refractivity (Wildman–Crippen MR) is 47.5 cm³/mol. The Hall–Kier alpha value is -0.900. The number of aldehydes is 1. The Morgan fingerprint density at radius 2 is 2.23 bits per heavy atom. The first kappa shape index (κ1) is 12.1. The first-order chi connectivity index (χ1) is 6.16. The Kier molecular flexibility index (Phi) is 7.20. The molecule has 0 aliphatic carbocycles. The maximum absolute atomic E-state index is 10.1. The van der Waals surface area contributed by atoms with Gasteiger partial charge in [-0.05, 0) is 12.3 Å². The summed E-state index contributed by atoms with van der Waals surface area (Å²) in [6.45, 7) is 2.75. The first-order valence-corrected chi connectivity index (χ1v) is 4.40. The Bertz CT molecular complexity index is 156. The van der Waals surface area contributed by atoms with Gasteiger partial charge >= 0.3 is 5.97 Å². The van der Waals surface area contributed by atoms with Crippen molar-refractivity contribution in [3.05, 3.63) is 0 Å². The van der Waals surface area contributed by atoms with E-state index in [9.17, 15) is 9.59 Å². The summed E-state index contributed by atoms with van der Waals surface area (Å²) in [6, 6.07) is 0. The van der Waals surface area contributed by atoms with Crippen LogP contribution in [0.15, 0.2) is 0 Å². The molecule has 13 heavy (non-hydrogen) atoms. The fourth-order valence-corrected chi connectivity index (χ4v) is 0.828. The molecule has 0 aromatic carbocycles. The van der Waals surface area contributed by atoms with Gasteiger partial charge in [0.15, 0.2) is 0 Å². The van der Waals surface area contributed by atoms with Gasteiger partial charge in [-0.3, -0.25) is 4.79 Å². The molecule has 1 unspecified atom stereocenters. The second-order valence-electron chi connectivity index (χ2n) is 3.05. The number of aliphatic carboxylic acids is 1. The van der Waals surface area contributed by atoms with Gasteiger partial charge in [-0.15, -0.1) is 0 Å². The minimum Gasteiger partial charge on any atom is -0.481 e. The minimum atomic E-state index is -0.846. The molecule has 4 nitrogen and oxygen atoms in total. The van der Waals surface area contributed by atoms with E-state index in [2.05, 4.69) is 0 Å². The van der Waals surface area contributed by atoms with Gasteiger partial charge in [0.1, 0.15) is 6.29 Å². The topological polar surface area (TPSA) is 63.6 Å². The molecule has 0 saturated carbocycles. The van der Waals surface area contributed by atoms with Crippen molar-refractivity contribution in [2.45, 2.75) is 26.2 Å². The summed E-state index contributed by atoms with van der Waals surface area (Å²) < 4.78 is 5.06. The highest BCUT2D eigenvalue weighted by Gasteiger charge is 2.01. The zero-order valence-corrected chi connectivity index (χ0v) is 7.86. The van der Waals surface area contributed by atoms with Gasteiger partial charge in [-0.2, -0.15) is 0 Å². The van der Waals surface area contributed by atoms with Crippen LogP contribution in [0.4, 0.5) is 0 Å². The molecule has 0 aliphatic heterocycles. The highest BCUT2D eigenvalue weighted by molar-refractivity contribution is 5.66. The highest BCUT2D eigenvalue weighted by Crippen LogP contribution is 2.04. The number of rotatable bonds is 8. The van der Waals surface area contributed by atoms with E-state index in [1.807, 2.05) is 6.92 Å². The molecule has 0 rings (SSSR count). The summed E-state index contributed by atoms with van der Waals surface area (Å²) in [7, 11) is 0. The molecule has 0 spiro atoms. The van der Waals surface area contributed by atoms with Crippen LogP contribution in [-0.4, -0.2) is 30.6 Å². The third kappa shape index (κ3) is 9.01. The number of carboxylic acid groups (broad SMARTS) is 1. The van der Waals surface area contributed by atoms with E-state index in [1.54, 1.807) is 0 Å². The standard InChI is InChI=1S/C9H16O4/c1-8(2-5-10)3-6-13-7-4-9(11)12/h5,8H,2-4,6-7H2,1H3,(H,11,12). The zero-order valence-electron chi connectivity index (χ0n) is 7.86. The van der Waals surface area contributed by atoms with Crippen molar-refractivity contribution in [1.82, 2.24) is 0 Å². The number of carboxylic acids is 1. The van der Waals surface area contributed by atoms with E-state index in [0.29, 0.717) is 18.9 Å². The number of ether oxygens (including phenoxy) is 1. The van der Waals surface area contributed by atoms with Gasteiger partial charge in [-0.1, -0.05) is 6.92 Å². The number of carbonyl (C=O) groups excluding carboxylic acids is 1. The molecule has 0 fully saturated rings. The van der Waals surface area contributed by atoms with Crippen LogP contribution in [0.25, 0.3) is 0 Å². The lowest BCUT2D eigenvalue weighted by Gasteiger charge is -2.06. The number of carbonyl (C=O) groups is 2. The third-order valence-corrected chi connectivity index (χ3v) is 1.71. The van der Waals surface area contributed by atoms with Crippen LogP contribution in [0.3, 0.4) is 0 Å². The predicted octanol–water partition coefficient (Wildman–Crippen LogP) is 1.09. The molecule has 0 amide bonds. The lowest BCUT2D eigenvalue weighted by Crippen LogP contribution is -2.06. The first-order valence-electron chi connectivity index (χ1n) is 4.40. The third-order valence-electron chi connectivity index (χ3n) is 1.71. The van der Waals surface area contributed by atoms with E-state index in [-0.39, 0.29) is 13.0 Å². The summed E-state index contributed by atoms with van der Waals surface area (Å²) in [6.07, 6.45) is 2.28. The van der Waals surface area contributed by atoms with E-state index in [1.165, 1.54) is 0 Å². The maximum atomic E-state index is 10.1. The monoisotopic (exact) mass is 188 g/mol. The summed E-state index contributed by atoms with van der Waals surface area (Å²) in [4.78, 5) is 20.1. The average Bonchev–Trinajstić information content (AvgIpc) is 2.03. The van der Waals surface area contributed by atoms with Crippen LogP contribution in [0.2, 0.25) is 0 Å². The second-order valence-corrected chi connectivity index (χ2v) is 3.05. The van der Waals surface area contributed by atoms with Crippen LogP contribution < -0.4 is 0 Å². The molecule has 0 bridgehead atoms. The summed E-state index contributed by atoms with van der Waals surface area (Å²) in [5.41, 5.74) is 0. The van der Waals surface area contributed by atoms with Crippen molar-refractivity contribution in [1.29, 1.82) is 0 Å². The molecule has 0 aliphatic rings. The summed E-state index contributed by atoms with van der Waals surface area (Å²) in [5, 5.41) is 8.28. The van der Waals surface area contributed by atoms with E-state index >= 15 is 0 Å². The van der Waals surface area contributed by atoms with Crippen LogP contribution in [0.5, 0.6) is 0 Å². The van der Waals surface area contributed by atoms with Gasteiger partial charge in [0.05, 0.1) is 13.0 Å². The van der Waals surface area contributed by atoms with Gasteiger partial charge in [0.25, 0.3) is 0 Å². The SMILES string of the molecule is CC(CC=O)CCOCCC(=O)O. The Labute approximate surface area is 77.9 Å². The van der Waals surface area contributed by atoms with Gasteiger partial charge in [0, 0.05) is 13.0 Å². The Balaban J connectivity index is 3.15. The van der Waals surface area contributed by atoms with Crippen LogP contribution >= 0.6 is 0 Å². The van der Waals surface area contributed by atoms with Crippen LogP contribution in [-0.2, 0) is 14.3 Å². The van der Waals surface area contributed by atoms with Crippen molar-refractivity contribution in [3.8, 4) is 0 Å². The molecule has 0 aromatic rings. The molecule has 4 heteroatoms. The van der Waals surface area contributed by atoms with E-state index < -0.39 is 5.97 Å². The smallest absolute Gasteiger partial charge is 0.305 e. The van der Waals surface area contributed by atoms with E-state index in [4.69, 9.17) is 9.84 Å². The quantitative estimate of drug-likeness (QED) is 0.457.